The third-order valence-corrected chi connectivity index (χ3v) is 1.87. The van der Waals surface area contributed by atoms with Gasteiger partial charge in [0.15, 0.2) is 0 Å². The van der Waals surface area contributed by atoms with E-state index >= 15 is 0 Å². The van der Waals surface area contributed by atoms with E-state index in [1.54, 1.807) is 24.3 Å². The summed E-state index contributed by atoms with van der Waals surface area (Å²) in [7, 11) is 0. The van der Waals surface area contributed by atoms with Crippen LogP contribution in [0.2, 0.25) is 0 Å². The molecule has 6 nitrogen and oxygen atoms in total. The van der Waals surface area contributed by atoms with Crippen molar-refractivity contribution in [3.05, 3.63) is 30.3 Å². The number of carbonyl (C=O) groups is 1. The Hall–Kier alpha value is -2.31. The van der Waals surface area contributed by atoms with Gasteiger partial charge in [-0.15, -0.1) is 15.0 Å². The predicted molar refractivity (Wildman–Crippen MR) is 51.0 cm³/mol. The van der Waals surface area contributed by atoms with E-state index in [4.69, 9.17) is 5.11 Å². The number of carboxylic acid groups (broad SMARTS) is 1. The number of carboxylic acids is 1. The number of rotatable bonds is 3. The topological polar surface area (TPSA) is 80.9 Å². The Balaban J connectivity index is 2.30. The van der Waals surface area contributed by atoms with Crippen LogP contribution in [0, 0.1) is 0 Å². The highest BCUT2D eigenvalue weighted by Crippen LogP contribution is 2.13. The molecular formula is C9H7FN4O2. The zero-order valence-corrected chi connectivity index (χ0v) is 7.99. The number of alkyl halides is 1. The highest BCUT2D eigenvalue weighted by atomic mass is 19.1. The Labute approximate surface area is 89.3 Å². The van der Waals surface area contributed by atoms with Gasteiger partial charge >= 0.3 is 12.3 Å². The maximum atomic E-state index is 13.0. The quantitative estimate of drug-likeness (QED) is 0.834. The molecule has 1 atom stereocenters. The summed E-state index contributed by atoms with van der Waals surface area (Å²) in [5.74, 6) is -1.47. The predicted octanol–water partition coefficient (Wildman–Crippen LogP) is 0.893. The first-order chi connectivity index (χ1) is 7.68. The number of benzene rings is 1. The van der Waals surface area contributed by atoms with Gasteiger partial charge in [-0.05, 0) is 5.21 Å². The van der Waals surface area contributed by atoms with Crippen molar-refractivity contribution in [2.45, 2.75) is 6.30 Å². The van der Waals surface area contributed by atoms with Gasteiger partial charge in [-0.25, -0.2) is 9.18 Å². The molecule has 0 radical (unpaired) electrons. The van der Waals surface area contributed by atoms with Crippen LogP contribution in [0.4, 0.5) is 4.39 Å². The molecule has 0 aliphatic rings. The van der Waals surface area contributed by atoms with E-state index in [0.717, 1.165) is 0 Å². The van der Waals surface area contributed by atoms with Gasteiger partial charge in [0.1, 0.15) is 0 Å². The van der Waals surface area contributed by atoms with E-state index in [1.807, 2.05) is 6.07 Å². The Kier molecular flexibility index (Phi) is 2.59. The molecule has 1 unspecified atom stereocenters. The molecule has 1 aromatic heterocycles. The van der Waals surface area contributed by atoms with Crippen LogP contribution in [0.25, 0.3) is 11.4 Å². The van der Waals surface area contributed by atoms with E-state index in [1.165, 1.54) is 0 Å². The second-order valence-corrected chi connectivity index (χ2v) is 2.97. The summed E-state index contributed by atoms with van der Waals surface area (Å²) in [4.78, 5) is 10.8. The lowest BCUT2D eigenvalue weighted by atomic mass is 10.2. The normalized spacial score (nSPS) is 12.3. The van der Waals surface area contributed by atoms with Crippen LogP contribution >= 0.6 is 0 Å². The maximum absolute atomic E-state index is 13.0. The summed E-state index contributed by atoms with van der Waals surface area (Å²) in [6.45, 7) is 0. The van der Waals surface area contributed by atoms with E-state index < -0.39 is 12.3 Å². The molecule has 0 fully saturated rings. The Morgan fingerprint density at radius 2 is 2.06 bits per heavy atom. The first-order valence-electron chi connectivity index (χ1n) is 4.40. The minimum atomic E-state index is -2.31. The molecule has 0 spiro atoms. The molecule has 2 rings (SSSR count). The van der Waals surface area contributed by atoms with E-state index in [0.29, 0.717) is 10.4 Å². The standard InChI is InChI=1S/C9H7FN4O2/c10-7(9(15)16)14-12-8(11-13-14)6-4-2-1-3-5-6/h1-5,7H,(H,15,16). The average Bonchev–Trinajstić information content (AvgIpc) is 2.78. The van der Waals surface area contributed by atoms with E-state index in [9.17, 15) is 9.18 Å². The lowest BCUT2D eigenvalue weighted by molar-refractivity contribution is -0.147. The zero-order valence-electron chi connectivity index (χ0n) is 7.99. The first-order valence-corrected chi connectivity index (χ1v) is 4.40. The van der Waals surface area contributed by atoms with Gasteiger partial charge < -0.3 is 5.11 Å². The van der Waals surface area contributed by atoms with Crippen LogP contribution in [0.1, 0.15) is 6.30 Å². The molecule has 7 heteroatoms. The van der Waals surface area contributed by atoms with Gasteiger partial charge in [0.2, 0.25) is 5.82 Å². The molecule has 16 heavy (non-hydrogen) atoms. The fourth-order valence-electron chi connectivity index (χ4n) is 1.12. The molecule has 1 N–H and O–H groups in total. The largest absolute Gasteiger partial charge is 0.478 e. The van der Waals surface area contributed by atoms with Crippen LogP contribution in [0.5, 0.6) is 0 Å². The molecular weight excluding hydrogens is 215 g/mol. The van der Waals surface area contributed by atoms with Crippen molar-refractivity contribution in [1.82, 2.24) is 20.2 Å². The third-order valence-electron chi connectivity index (χ3n) is 1.87. The lowest BCUT2D eigenvalue weighted by Crippen LogP contribution is -2.16. The van der Waals surface area contributed by atoms with Crippen molar-refractivity contribution in [1.29, 1.82) is 0 Å². The molecule has 82 valence electrons. The summed E-state index contributed by atoms with van der Waals surface area (Å²) in [6, 6.07) is 8.77. The number of aliphatic carboxylic acids is 1. The molecule has 0 amide bonds. The lowest BCUT2D eigenvalue weighted by Gasteiger charge is -1.98. The fourth-order valence-corrected chi connectivity index (χ4v) is 1.12. The average molecular weight is 222 g/mol. The summed E-state index contributed by atoms with van der Waals surface area (Å²) < 4.78 is 13.0. The number of halogens is 1. The smallest absolute Gasteiger partial charge is 0.363 e. The highest BCUT2D eigenvalue weighted by molar-refractivity contribution is 5.69. The van der Waals surface area contributed by atoms with Crippen LogP contribution in [0.3, 0.4) is 0 Å². The van der Waals surface area contributed by atoms with Gasteiger partial charge in [-0.1, -0.05) is 30.3 Å². The van der Waals surface area contributed by atoms with Crippen LogP contribution < -0.4 is 0 Å². The monoisotopic (exact) mass is 222 g/mol. The molecule has 0 saturated heterocycles. The second kappa shape index (κ2) is 4.05. The summed E-state index contributed by atoms with van der Waals surface area (Å²) >= 11 is 0. The minimum absolute atomic E-state index is 0.185. The van der Waals surface area contributed by atoms with Gasteiger partial charge in [-0.3, -0.25) is 0 Å². The van der Waals surface area contributed by atoms with Crippen molar-refractivity contribution in [2.75, 3.05) is 0 Å². The molecule has 0 bridgehead atoms. The number of aromatic nitrogens is 4. The number of tetrazole rings is 1. The van der Waals surface area contributed by atoms with Crippen molar-refractivity contribution in [3.63, 3.8) is 0 Å². The van der Waals surface area contributed by atoms with Crippen molar-refractivity contribution < 1.29 is 14.3 Å². The van der Waals surface area contributed by atoms with Gasteiger partial charge in [0.05, 0.1) is 0 Å². The molecule has 1 aromatic carbocycles. The molecule has 1 heterocycles. The second-order valence-electron chi connectivity index (χ2n) is 2.97. The number of hydrogen-bond acceptors (Lipinski definition) is 4. The summed E-state index contributed by atoms with van der Waals surface area (Å²) in [5, 5.41) is 19.0. The van der Waals surface area contributed by atoms with Crippen LogP contribution in [-0.2, 0) is 4.79 Å². The third kappa shape index (κ3) is 1.88. The van der Waals surface area contributed by atoms with Gasteiger partial charge in [-0.2, -0.15) is 0 Å². The van der Waals surface area contributed by atoms with E-state index in [-0.39, 0.29) is 5.82 Å². The molecule has 2 aromatic rings. The summed E-state index contributed by atoms with van der Waals surface area (Å²) in [6.07, 6.45) is -2.31. The highest BCUT2D eigenvalue weighted by Gasteiger charge is 2.21. The van der Waals surface area contributed by atoms with Crippen molar-refractivity contribution >= 4 is 5.97 Å². The Morgan fingerprint density at radius 1 is 1.38 bits per heavy atom. The van der Waals surface area contributed by atoms with Gasteiger partial charge in [0.25, 0.3) is 0 Å². The minimum Gasteiger partial charge on any atom is -0.478 e. The summed E-state index contributed by atoms with van der Waals surface area (Å²) in [5.41, 5.74) is 0.645. The Bertz CT molecular complexity index is 499. The molecule has 0 aliphatic heterocycles. The first kappa shape index (κ1) is 10.2. The van der Waals surface area contributed by atoms with Crippen molar-refractivity contribution in [3.8, 4) is 11.4 Å². The van der Waals surface area contributed by atoms with Crippen molar-refractivity contribution in [2.24, 2.45) is 0 Å². The van der Waals surface area contributed by atoms with Crippen LogP contribution in [0.15, 0.2) is 30.3 Å². The fraction of sp³-hybridized carbons (Fsp3) is 0.111. The molecule has 0 saturated carbocycles. The van der Waals surface area contributed by atoms with Gasteiger partial charge in [0, 0.05) is 5.56 Å². The maximum Gasteiger partial charge on any atom is 0.363 e. The zero-order chi connectivity index (χ0) is 11.5. The van der Waals surface area contributed by atoms with Crippen LogP contribution in [-0.4, -0.2) is 31.3 Å². The SMILES string of the molecule is O=C(O)C(F)n1nnc(-c2ccccc2)n1. The van der Waals surface area contributed by atoms with E-state index in [2.05, 4.69) is 15.4 Å². The molecule has 0 aliphatic carbocycles. The Morgan fingerprint density at radius 3 is 2.69 bits per heavy atom. The number of hydrogen-bond donors (Lipinski definition) is 1. The number of nitrogens with zero attached hydrogens (tertiary/aromatic N) is 4.